The first-order chi connectivity index (χ1) is 15.2. The van der Waals surface area contributed by atoms with Crippen LogP contribution >= 0.6 is 11.6 Å². The Balaban J connectivity index is 2.05. The molecular weight excluding hydrogens is 443 g/mol. The van der Waals surface area contributed by atoms with E-state index >= 15 is 0 Å². The molecule has 9 nitrogen and oxygen atoms in total. The topological polar surface area (TPSA) is 111 Å². The summed E-state index contributed by atoms with van der Waals surface area (Å²) >= 11 is 6.16. The molecule has 0 amide bonds. The third-order valence-electron chi connectivity index (χ3n) is 5.60. The molecule has 0 aliphatic heterocycles. The molecule has 2 N–H and O–H groups in total. The largest absolute Gasteiger partial charge is 0.494 e. The van der Waals surface area contributed by atoms with Gasteiger partial charge in [0, 0.05) is 18.2 Å². The van der Waals surface area contributed by atoms with E-state index in [-0.39, 0.29) is 28.2 Å². The third-order valence-corrected chi connectivity index (χ3v) is 5.90. The molecule has 2 aromatic heterocycles. The summed E-state index contributed by atoms with van der Waals surface area (Å²) < 4.78 is 17.7. The summed E-state index contributed by atoms with van der Waals surface area (Å²) in [6.07, 6.45) is 7.87. The smallest absolute Gasteiger partial charge is 0.341 e. The molecule has 0 bridgehead atoms. The molecule has 32 heavy (non-hydrogen) atoms. The fraction of sp³-hybridized carbons (Fsp3) is 0.286. The molecule has 11 heteroatoms. The zero-order valence-corrected chi connectivity index (χ0v) is 17.7. The molecule has 3 aromatic rings. The molecule has 2 heterocycles. The average molecular weight is 461 g/mol. The van der Waals surface area contributed by atoms with Crippen LogP contribution in [0.1, 0.15) is 24.0 Å². The molecule has 4 rings (SSSR count). The predicted molar refractivity (Wildman–Crippen MR) is 115 cm³/mol. The maximum Gasteiger partial charge on any atom is 0.341 e. The zero-order chi connectivity index (χ0) is 23.3. The van der Waals surface area contributed by atoms with Crippen LogP contribution in [0.3, 0.4) is 0 Å². The number of aromatic nitrogens is 4. The van der Waals surface area contributed by atoms with Crippen LogP contribution in [0.25, 0.3) is 11.4 Å². The van der Waals surface area contributed by atoms with E-state index < -0.39 is 29.4 Å². The summed E-state index contributed by atoms with van der Waals surface area (Å²) in [4.78, 5) is 37.9. The van der Waals surface area contributed by atoms with Crippen LogP contribution in [-0.2, 0) is 26.4 Å². The van der Waals surface area contributed by atoms with Crippen LogP contribution in [0.5, 0.6) is 11.8 Å². The van der Waals surface area contributed by atoms with Crippen molar-refractivity contribution in [1.29, 1.82) is 0 Å². The van der Waals surface area contributed by atoms with Gasteiger partial charge in [0.25, 0.3) is 0 Å². The number of fused-ring (bicyclic) bond motifs is 1. The van der Waals surface area contributed by atoms with Gasteiger partial charge < -0.3 is 10.2 Å². The van der Waals surface area contributed by atoms with Crippen LogP contribution < -0.4 is 17.1 Å². The standard InChI is InChI=1S/C21H18ClFN4O5/c1-3-8-25-19(30)24(2)20(31)27(21(25)32)15-10-16(14(23)9-13(15)22)26-17(28)11-6-4-5-7-12(11)18(26)29/h1,9-10,28-29H,4-8H2,2H3. The van der Waals surface area contributed by atoms with Crippen molar-refractivity contribution in [2.45, 2.75) is 32.2 Å². The Morgan fingerprint density at radius 3 is 2.16 bits per heavy atom. The number of terminal acetylenes is 1. The van der Waals surface area contributed by atoms with Crippen LogP contribution in [0.2, 0.25) is 5.02 Å². The molecule has 0 unspecified atom stereocenters. The summed E-state index contributed by atoms with van der Waals surface area (Å²) in [6.45, 7) is -0.399. The highest BCUT2D eigenvalue weighted by atomic mass is 35.5. The van der Waals surface area contributed by atoms with Crippen molar-refractivity contribution in [2.75, 3.05) is 0 Å². The SMILES string of the molecule is C#CCn1c(=O)n(C)c(=O)n(-c2cc(-n3c(O)c4c(c3O)CCCC4)c(F)cc2Cl)c1=O. The van der Waals surface area contributed by atoms with Gasteiger partial charge in [0.1, 0.15) is 5.82 Å². The van der Waals surface area contributed by atoms with E-state index in [1.54, 1.807) is 0 Å². The Hall–Kier alpha value is -3.71. The van der Waals surface area contributed by atoms with Gasteiger partial charge in [0.15, 0.2) is 0 Å². The van der Waals surface area contributed by atoms with Crippen molar-refractivity contribution < 1.29 is 14.6 Å². The quantitative estimate of drug-likeness (QED) is 0.571. The van der Waals surface area contributed by atoms with E-state index in [1.807, 2.05) is 0 Å². The number of hydrogen-bond acceptors (Lipinski definition) is 5. The lowest BCUT2D eigenvalue weighted by Gasteiger charge is -2.15. The lowest BCUT2D eigenvalue weighted by molar-refractivity contribution is 0.396. The highest BCUT2D eigenvalue weighted by Crippen LogP contribution is 2.42. The Morgan fingerprint density at radius 1 is 1.00 bits per heavy atom. The highest BCUT2D eigenvalue weighted by Gasteiger charge is 2.28. The molecule has 0 fully saturated rings. The van der Waals surface area contributed by atoms with E-state index in [2.05, 4.69) is 5.92 Å². The minimum Gasteiger partial charge on any atom is -0.494 e. The van der Waals surface area contributed by atoms with Crippen LogP contribution in [0.4, 0.5) is 4.39 Å². The molecule has 0 saturated carbocycles. The van der Waals surface area contributed by atoms with Gasteiger partial charge in [-0.2, -0.15) is 0 Å². The molecule has 1 aliphatic carbocycles. The summed E-state index contributed by atoms with van der Waals surface area (Å²) in [5, 5.41) is 21.0. The second kappa shape index (κ2) is 7.76. The average Bonchev–Trinajstić information content (AvgIpc) is 3.02. The van der Waals surface area contributed by atoms with Gasteiger partial charge in [-0.15, -0.1) is 6.42 Å². The van der Waals surface area contributed by atoms with Gasteiger partial charge in [0.2, 0.25) is 11.8 Å². The fourth-order valence-corrected chi connectivity index (χ4v) is 4.23. The summed E-state index contributed by atoms with van der Waals surface area (Å²) in [6, 6.07) is 1.91. The maximum atomic E-state index is 14.9. The summed E-state index contributed by atoms with van der Waals surface area (Å²) in [7, 11) is 1.16. The molecule has 1 aliphatic rings. The molecule has 0 spiro atoms. The van der Waals surface area contributed by atoms with Gasteiger partial charge in [-0.25, -0.2) is 37.0 Å². The second-order valence-corrected chi connectivity index (χ2v) is 7.84. The molecule has 1 aromatic carbocycles. The van der Waals surface area contributed by atoms with Gasteiger partial charge in [-0.05, 0) is 37.8 Å². The maximum absolute atomic E-state index is 14.9. The molecular formula is C21H18ClFN4O5. The highest BCUT2D eigenvalue weighted by molar-refractivity contribution is 6.32. The zero-order valence-electron chi connectivity index (χ0n) is 16.9. The number of benzene rings is 1. The monoisotopic (exact) mass is 460 g/mol. The van der Waals surface area contributed by atoms with Gasteiger partial charge in [-0.1, -0.05) is 17.5 Å². The molecule has 0 saturated heterocycles. The van der Waals surface area contributed by atoms with Crippen molar-refractivity contribution >= 4 is 11.6 Å². The third kappa shape index (κ3) is 3.05. The van der Waals surface area contributed by atoms with Crippen molar-refractivity contribution in [3.63, 3.8) is 0 Å². The molecule has 166 valence electrons. The normalized spacial score (nSPS) is 13.1. The van der Waals surface area contributed by atoms with Crippen molar-refractivity contribution in [3.8, 4) is 35.5 Å². The van der Waals surface area contributed by atoms with Crippen LogP contribution in [0.15, 0.2) is 26.5 Å². The lowest BCUT2D eigenvalue weighted by atomic mass is 9.95. The Morgan fingerprint density at radius 2 is 1.59 bits per heavy atom. The van der Waals surface area contributed by atoms with Crippen molar-refractivity contribution in [2.24, 2.45) is 7.05 Å². The van der Waals surface area contributed by atoms with E-state index in [4.69, 9.17) is 18.0 Å². The van der Waals surface area contributed by atoms with E-state index in [0.717, 1.165) is 36.6 Å². The number of halogens is 2. The summed E-state index contributed by atoms with van der Waals surface area (Å²) in [5.41, 5.74) is -2.53. The van der Waals surface area contributed by atoms with Gasteiger partial charge in [-0.3, -0.25) is 0 Å². The van der Waals surface area contributed by atoms with Crippen molar-refractivity contribution in [3.05, 3.63) is 65.6 Å². The lowest BCUT2D eigenvalue weighted by Crippen LogP contribution is -2.53. The first kappa shape index (κ1) is 21.5. The fourth-order valence-electron chi connectivity index (χ4n) is 4.00. The number of rotatable bonds is 3. The molecule has 0 radical (unpaired) electrons. The van der Waals surface area contributed by atoms with Crippen LogP contribution in [-0.4, -0.2) is 28.5 Å². The van der Waals surface area contributed by atoms with E-state index in [9.17, 15) is 29.0 Å². The number of aromatic hydroxyl groups is 2. The van der Waals surface area contributed by atoms with Crippen molar-refractivity contribution in [1.82, 2.24) is 18.3 Å². The minimum absolute atomic E-state index is 0.245. The first-order valence-corrected chi connectivity index (χ1v) is 10.1. The predicted octanol–water partition coefficient (Wildman–Crippen LogP) is 1.20. The number of hydrogen-bond donors (Lipinski definition) is 2. The Labute approximate surface area is 185 Å². The summed E-state index contributed by atoms with van der Waals surface area (Å²) in [5.74, 6) is 0.598. The van der Waals surface area contributed by atoms with Gasteiger partial charge in [0.05, 0.1) is 22.9 Å². The Bertz CT molecular complexity index is 1460. The Kier molecular flexibility index (Phi) is 5.22. The number of nitrogens with zero attached hydrogens (tertiary/aromatic N) is 4. The van der Waals surface area contributed by atoms with E-state index in [1.165, 1.54) is 0 Å². The van der Waals surface area contributed by atoms with Crippen LogP contribution in [0, 0.1) is 18.2 Å². The molecule has 0 atom stereocenters. The van der Waals surface area contributed by atoms with E-state index in [0.29, 0.717) is 37.7 Å². The minimum atomic E-state index is -1.06. The second-order valence-electron chi connectivity index (χ2n) is 7.43. The first-order valence-electron chi connectivity index (χ1n) is 9.69. The van der Waals surface area contributed by atoms with Gasteiger partial charge >= 0.3 is 17.1 Å².